The molecular weight excluding hydrogens is 464 g/mol. The summed E-state index contributed by atoms with van der Waals surface area (Å²) < 4.78 is 0. The predicted molar refractivity (Wildman–Crippen MR) is 159 cm³/mol. The molecule has 1 saturated heterocycles. The van der Waals surface area contributed by atoms with Crippen LogP contribution in [-0.4, -0.2) is 23.9 Å². The molecule has 1 aliphatic heterocycles. The van der Waals surface area contributed by atoms with E-state index >= 15 is 0 Å². The average molecular weight is 505 g/mol. The van der Waals surface area contributed by atoms with Crippen molar-refractivity contribution in [1.82, 2.24) is 4.90 Å². The number of aryl methyl sites for hydroxylation is 2. The molecule has 1 amide bonds. The lowest BCUT2D eigenvalue weighted by molar-refractivity contribution is 0.0732. The molecule has 2 fully saturated rings. The molecule has 0 aromatic heterocycles. The summed E-state index contributed by atoms with van der Waals surface area (Å²) in [6, 6.07) is 14.5. The summed E-state index contributed by atoms with van der Waals surface area (Å²) in [6.07, 6.45) is 11.9. The third-order valence-electron chi connectivity index (χ3n) is 8.68. The number of rotatable bonds is 7. The third-order valence-corrected chi connectivity index (χ3v) is 8.68. The van der Waals surface area contributed by atoms with Crippen LogP contribution < -0.4 is 0 Å². The second-order valence-corrected chi connectivity index (χ2v) is 11.1. The van der Waals surface area contributed by atoms with Gasteiger partial charge in [0.25, 0.3) is 5.91 Å². The first-order valence-corrected chi connectivity index (χ1v) is 13.8. The molecule has 2 aromatic carbocycles. The van der Waals surface area contributed by atoms with Crippen LogP contribution in [0.3, 0.4) is 0 Å². The Morgan fingerprint density at radius 3 is 2.45 bits per heavy atom. The van der Waals surface area contributed by atoms with Gasteiger partial charge in [0.1, 0.15) is 0 Å². The lowest BCUT2D eigenvalue weighted by Crippen LogP contribution is -2.35. The van der Waals surface area contributed by atoms with Crippen molar-refractivity contribution >= 4 is 17.1 Å². The van der Waals surface area contributed by atoms with Gasteiger partial charge in [-0.2, -0.15) is 5.26 Å². The monoisotopic (exact) mass is 504 g/mol. The molecule has 1 spiro atoms. The van der Waals surface area contributed by atoms with Crippen molar-refractivity contribution in [3.63, 3.8) is 0 Å². The van der Waals surface area contributed by atoms with Crippen LogP contribution in [-0.2, 0) is 6.42 Å². The van der Waals surface area contributed by atoms with Crippen molar-refractivity contribution in [2.45, 2.75) is 66.7 Å². The highest BCUT2D eigenvalue weighted by molar-refractivity contribution is 5.95. The summed E-state index contributed by atoms with van der Waals surface area (Å²) in [6.45, 7) is 16.2. The van der Waals surface area contributed by atoms with Crippen molar-refractivity contribution in [2.75, 3.05) is 13.1 Å². The first-order valence-electron chi connectivity index (χ1n) is 13.8. The van der Waals surface area contributed by atoms with E-state index in [1.165, 1.54) is 36.0 Å². The second kappa shape index (κ2) is 11.4. The molecule has 0 bridgehead atoms. The average Bonchev–Trinajstić information content (AvgIpc) is 3.37. The Morgan fingerprint density at radius 1 is 1.11 bits per heavy atom. The number of amides is 1. The van der Waals surface area contributed by atoms with Gasteiger partial charge >= 0.3 is 0 Å². The van der Waals surface area contributed by atoms with E-state index in [0.717, 1.165) is 59.3 Å². The minimum atomic E-state index is 0.178. The molecule has 1 saturated carbocycles. The van der Waals surface area contributed by atoms with Gasteiger partial charge in [-0.3, -0.25) is 4.79 Å². The van der Waals surface area contributed by atoms with Crippen LogP contribution in [0, 0.1) is 23.7 Å². The number of allylic oxidation sites excluding steroid dienone is 7. The molecule has 1 heterocycles. The summed E-state index contributed by atoms with van der Waals surface area (Å²) in [5.41, 5.74) is 10.8. The Hall–Kier alpha value is -3.64. The van der Waals surface area contributed by atoms with Crippen LogP contribution in [0.15, 0.2) is 72.4 Å². The maximum atomic E-state index is 13.3. The first-order chi connectivity index (χ1) is 18.2. The number of carbonyl (C=O) groups is 1. The smallest absolute Gasteiger partial charge is 0.253 e. The fourth-order valence-corrected chi connectivity index (χ4v) is 5.97. The number of nitriles is 1. The highest BCUT2D eigenvalue weighted by Gasteiger charge is 2.44. The van der Waals surface area contributed by atoms with E-state index in [1.54, 1.807) is 6.08 Å². The summed E-state index contributed by atoms with van der Waals surface area (Å²) in [5.74, 6) is 0.178. The summed E-state index contributed by atoms with van der Waals surface area (Å²) in [4.78, 5) is 15.4. The van der Waals surface area contributed by atoms with E-state index in [9.17, 15) is 10.1 Å². The summed E-state index contributed by atoms with van der Waals surface area (Å²) in [7, 11) is 0. The van der Waals surface area contributed by atoms with E-state index < -0.39 is 0 Å². The van der Waals surface area contributed by atoms with Gasteiger partial charge in [-0.15, -0.1) is 0 Å². The topological polar surface area (TPSA) is 44.1 Å². The third kappa shape index (κ3) is 5.46. The summed E-state index contributed by atoms with van der Waals surface area (Å²) in [5, 5.41) is 9.51. The minimum Gasteiger partial charge on any atom is -0.338 e. The van der Waals surface area contributed by atoms with Crippen molar-refractivity contribution in [1.29, 1.82) is 5.26 Å². The number of hydrogen-bond donors (Lipinski definition) is 0. The van der Waals surface area contributed by atoms with Gasteiger partial charge in [-0.1, -0.05) is 56.4 Å². The molecule has 0 atom stereocenters. The van der Waals surface area contributed by atoms with Crippen LogP contribution >= 0.6 is 0 Å². The molecule has 196 valence electrons. The van der Waals surface area contributed by atoms with Crippen molar-refractivity contribution in [2.24, 2.45) is 5.41 Å². The van der Waals surface area contributed by atoms with Gasteiger partial charge in [0, 0.05) is 18.7 Å². The SMILES string of the molecule is C=C\C=C(/C(C)=C(C)/C=C(\C)c1ccc(C(=O)N2CCC3(CCC3)C2)cc1CC)c1ccc(C)c(C#N)c1. The number of benzene rings is 2. The fourth-order valence-electron chi connectivity index (χ4n) is 5.97. The molecule has 3 nitrogen and oxygen atoms in total. The molecule has 2 aliphatic rings. The fraction of sp³-hybridized carbons (Fsp3) is 0.371. The van der Waals surface area contributed by atoms with E-state index in [-0.39, 0.29) is 5.91 Å². The number of likely N-dealkylation sites (tertiary alicyclic amines) is 1. The second-order valence-electron chi connectivity index (χ2n) is 11.1. The number of hydrogen-bond acceptors (Lipinski definition) is 2. The Morgan fingerprint density at radius 2 is 1.84 bits per heavy atom. The zero-order valence-corrected chi connectivity index (χ0v) is 23.7. The van der Waals surface area contributed by atoms with Gasteiger partial charge in [0.15, 0.2) is 0 Å². The normalized spacial score (nSPS) is 17.6. The largest absolute Gasteiger partial charge is 0.338 e. The van der Waals surface area contributed by atoms with Crippen LogP contribution in [0.4, 0.5) is 0 Å². The Kier molecular flexibility index (Phi) is 8.22. The molecule has 4 rings (SSSR count). The molecule has 0 radical (unpaired) electrons. The van der Waals surface area contributed by atoms with Crippen LogP contribution in [0.2, 0.25) is 0 Å². The quantitative estimate of drug-likeness (QED) is 0.355. The molecule has 3 heteroatoms. The number of carbonyl (C=O) groups excluding carboxylic acids is 1. The van der Waals surface area contributed by atoms with Crippen molar-refractivity contribution in [3.05, 3.63) is 106 Å². The summed E-state index contributed by atoms with van der Waals surface area (Å²) >= 11 is 0. The molecule has 0 N–H and O–H groups in total. The highest BCUT2D eigenvalue weighted by atomic mass is 16.2. The molecule has 38 heavy (non-hydrogen) atoms. The Balaban J connectivity index is 1.61. The van der Waals surface area contributed by atoms with Crippen LogP contribution in [0.25, 0.3) is 11.1 Å². The molecular formula is C35H40N2O. The van der Waals surface area contributed by atoms with Gasteiger partial charge in [-0.05, 0) is 122 Å². The minimum absolute atomic E-state index is 0.178. The van der Waals surface area contributed by atoms with Gasteiger partial charge in [-0.25, -0.2) is 0 Å². The predicted octanol–water partition coefficient (Wildman–Crippen LogP) is 8.45. The van der Waals surface area contributed by atoms with E-state index in [1.807, 2.05) is 31.2 Å². The van der Waals surface area contributed by atoms with E-state index in [2.05, 4.69) is 69.5 Å². The van der Waals surface area contributed by atoms with Crippen molar-refractivity contribution < 1.29 is 4.79 Å². The standard InChI is InChI=1S/C35H40N2O/c1-7-10-33(29-12-11-24(3)31(21-29)22-36)27(6)25(4)19-26(5)32-14-13-30(20-28(32)8-2)34(38)37-18-17-35(23-37)15-9-16-35/h7,10-14,19-21H,1,8-9,15-18,23H2,2-6H3/b26-19+,27-25+,33-10+. The Bertz CT molecular complexity index is 1390. The van der Waals surface area contributed by atoms with E-state index in [4.69, 9.17) is 0 Å². The van der Waals surface area contributed by atoms with Gasteiger partial charge in [0.05, 0.1) is 11.6 Å². The van der Waals surface area contributed by atoms with Gasteiger partial charge in [0.2, 0.25) is 0 Å². The lowest BCUT2D eigenvalue weighted by atomic mass is 9.68. The highest BCUT2D eigenvalue weighted by Crippen LogP contribution is 2.48. The number of nitrogens with zero attached hydrogens (tertiary/aromatic N) is 2. The maximum absolute atomic E-state index is 13.3. The van der Waals surface area contributed by atoms with Crippen molar-refractivity contribution in [3.8, 4) is 6.07 Å². The van der Waals surface area contributed by atoms with Crippen LogP contribution in [0.5, 0.6) is 0 Å². The Labute approximate surface area is 228 Å². The zero-order valence-electron chi connectivity index (χ0n) is 23.7. The van der Waals surface area contributed by atoms with Crippen LogP contribution in [0.1, 0.15) is 91.6 Å². The van der Waals surface area contributed by atoms with Gasteiger partial charge < -0.3 is 4.90 Å². The molecule has 0 unspecified atom stereocenters. The zero-order chi connectivity index (χ0) is 27.4. The lowest BCUT2D eigenvalue weighted by Gasteiger charge is -2.38. The van der Waals surface area contributed by atoms with E-state index in [0.29, 0.717) is 11.0 Å². The first kappa shape index (κ1) is 27.4. The maximum Gasteiger partial charge on any atom is 0.253 e. The molecule has 2 aromatic rings. The molecule has 1 aliphatic carbocycles.